The number of rotatable bonds is 7. The number of carbonyl (C=O) groups is 1. The Morgan fingerprint density at radius 3 is 2.82 bits per heavy atom. The largest absolute Gasteiger partial charge is 0.444 e. The van der Waals surface area contributed by atoms with Crippen LogP contribution >= 0.6 is 0 Å². The van der Waals surface area contributed by atoms with Gasteiger partial charge in [0, 0.05) is 18.7 Å². The van der Waals surface area contributed by atoms with Crippen LogP contribution in [0.1, 0.15) is 36.6 Å². The maximum Gasteiger partial charge on any atom is 0.238 e. The highest BCUT2D eigenvalue weighted by Gasteiger charge is 2.30. The molecule has 1 aromatic carbocycles. The van der Waals surface area contributed by atoms with E-state index >= 15 is 0 Å². The lowest BCUT2D eigenvalue weighted by Gasteiger charge is -2.15. The van der Waals surface area contributed by atoms with Crippen LogP contribution in [-0.4, -0.2) is 43.8 Å². The third-order valence-electron chi connectivity index (χ3n) is 4.95. The van der Waals surface area contributed by atoms with Gasteiger partial charge in [-0.05, 0) is 45.2 Å². The molecule has 0 radical (unpaired) electrons. The number of hydrogen-bond donors (Lipinski definition) is 1. The minimum absolute atomic E-state index is 0.0327. The lowest BCUT2D eigenvalue weighted by molar-refractivity contribution is -0.120. The average molecular weight is 407 g/mol. The van der Waals surface area contributed by atoms with Crippen LogP contribution in [0.5, 0.6) is 0 Å². The number of carbonyl (C=O) groups excluding carboxylic acids is 1. The minimum atomic E-state index is -3.72. The van der Waals surface area contributed by atoms with Crippen molar-refractivity contribution in [2.75, 3.05) is 13.2 Å². The summed E-state index contributed by atoms with van der Waals surface area (Å²) >= 11 is 0. The fourth-order valence-corrected chi connectivity index (χ4v) is 4.41. The molecule has 7 nitrogen and oxygen atoms in total. The first kappa shape index (κ1) is 20.5. The van der Waals surface area contributed by atoms with Gasteiger partial charge in [0.15, 0.2) is 9.84 Å². The summed E-state index contributed by atoms with van der Waals surface area (Å²) in [7, 11) is -3.72. The Morgan fingerprint density at radius 1 is 1.36 bits per heavy atom. The second kappa shape index (κ2) is 8.45. The number of oxazole rings is 1. The fourth-order valence-electron chi connectivity index (χ4n) is 3.21. The Balaban J connectivity index is 1.64. The van der Waals surface area contributed by atoms with E-state index in [1.54, 1.807) is 0 Å². The molecule has 0 unspecified atom stereocenters. The van der Waals surface area contributed by atoms with Gasteiger partial charge in [-0.3, -0.25) is 4.79 Å². The quantitative estimate of drug-likeness (QED) is 0.759. The molecule has 1 aliphatic rings. The van der Waals surface area contributed by atoms with Crippen molar-refractivity contribution in [3.63, 3.8) is 0 Å². The van der Waals surface area contributed by atoms with Crippen molar-refractivity contribution in [1.29, 1.82) is 0 Å². The Labute approximate surface area is 165 Å². The number of ether oxygens (including phenoxy) is 1. The van der Waals surface area contributed by atoms with Crippen molar-refractivity contribution in [2.24, 2.45) is 0 Å². The molecule has 1 amide bonds. The molecule has 2 aromatic rings. The van der Waals surface area contributed by atoms with Gasteiger partial charge >= 0.3 is 0 Å². The number of hydrogen-bond acceptors (Lipinski definition) is 6. The summed E-state index contributed by atoms with van der Waals surface area (Å²) in [6.45, 7) is 6.35. The summed E-state index contributed by atoms with van der Waals surface area (Å²) in [5.74, 6) is -0.498. The van der Waals surface area contributed by atoms with Crippen LogP contribution in [0.25, 0.3) is 11.5 Å². The molecule has 152 valence electrons. The van der Waals surface area contributed by atoms with Crippen molar-refractivity contribution in [3.8, 4) is 11.5 Å². The molecule has 2 heterocycles. The molecule has 28 heavy (non-hydrogen) atoms. The fraction of sp³-hybridized carbons (Fsp3) is 0.500. The molecule has 8 heteroatoms. The summed E-state index contributed by atoms with van der Waals surface area (Å²) in [4.78, 5) is 16.6. The SMILES string of the molecule is Cc1ccc(-c2nc(CS(=O)(=O)[C@H](C)C(=O)NC[C@H]3CCCO3)co2)c(C)c1. The number of aryl methyl sites for hydroxylation is 2. The van der Waals surface area contributed by atoms with E-state index in [4.69, 9.17) is 9.15 Å². The first-order valence-corrected chi connectivity index (χ1v) is 11.1. The van der Waals surface area contributed by atoms with E-state index in [2.05, 4.69) is 10.3 Å². The van der Waals surface area contributed by atoms with E-state index in [1.807, 2.05) is 32.0 Å². The number of nitrogens with one attached hydrogen (secondary N) is 1. The van der Waals surface area contributed by atoms with Crippen LogP contribution in [0.2, 0.25) is 0 Å². The molecule has 1 N–H and O–H groups in total. The number of benzene rings is 1. The van der Waals surface area contributed by atoms with Gasteiger partial charge in [0.05, 0.1) is 17.6 Å². The van der Waals surface area contributed by atoms with Gasteiger partial charge in [0.2, 0.25) is 11.8 Å². The van der Waals surface area contributed by atoms with Gasteiger partial charge in [-0.15, -0.1) is 0 Å². The van der Waals surface area contributed by atoms with E-state index in [0.29, 0.717) is 19.0 Å². The van der Waals surface area contributed by atoms with Crippen molar-refractivity contribution < 1.29 is 22.4 Å². The van der Waals surface area contributed by atoms with Crippen LogP contribution in [-0.2, 0) is 25.1 Å². The molecule has 0 aliphatic carbocycles. The zero-order chi connectivity index (χ0) is 20.3. The predicted octanol–water partition coefficient (Wildman–Crippen LogP) is 2.56. The average Bonchev–Trinajstić information content (AvgIpc) is 3.30. The Bertz CT molecular complexity index is 945. The first-order chi connectivity index (χ1) is 13.3. The second-order valence-electron chi connectivity index (χ2n) is 7.29. The Hall–Kier alpha value is -2.19. The summed E-state index contributed by atoms with van der Waals surface area (Å²) in [5.41, 5.74) is 3.22. The maximum absolute atomic E-state index is 12.6. The standard InChI is InChI=1S/C20H26N2O5S/c1-13-6-7-18(14(2)9-13)20-22-16(11-27-20)12-28(24,25)15(3)19(23)21-10-17-5-4-8-26-17/h6-7,9,11,15,17H,4-5,8,10,12H2,1-3H3,(H,21,23)/t15-,17-/m1/s1. The van der Waals surface area contributed by atoms with E-state index in [0.717, 1.165) is 29.5 Å². The van der Waals surface area contributed by atoms with Crippen molar-refractivity contribution in [2.45, 2.75) is 50.7 Å². The number of sulfone groups is 1. The molecule has 0 saturated carbocycles. The van der Waals surface area contributed by atoms with Crippen LogP contribution in [0, 0.1) is 13.8 Å². The van der Waals surface area contributed by atoms with Crippen LogP contribution in [0.15, 0.2) is 28.9 Å². The number of nitrogens with zero attached hydrogens (tertiary/aromatic N) is 1. The monoisotopic (exact) mass is 406 g/mol. The molecule has 3 rings (SSSR count). The first-order valence-electron chi connectivity index (χ1n) is 9.39. The number of aromatic nitrogens is 1. The number of amides is 1. The Kier molecular flexibility index (Phi) is 6.20. The highest BCUT2D eigenvalue weighted by Crippen LogP contribution is 2.24. The highest BCUT2D eigenvalue weighted by molar-refractivity contribution is 7.92. The van der Waals surface area contributed by atoms with Crippen molar-refractivity contribution >= 4 is 15.7 Å². The third-order valence-corrected chi connectivity index (χ3v) is 6.94. The van der Waals surface area contributed by atoms with Gasteiger partial charge in [0.25, 0.3) is 0 Å². The molecular formula is C20H26N2O5S. The lowest BCUT2D eigenvalue weighted by Crippen LogP contribution is -2.41. The zero-order valence-corrected chi connectivity index (χ0v) is 17.2. The summed E-state index contributed by atoms with van der Waals surface area (Å²) in [5, 5.41) is 1.50. The predicted molar refractivity (Wildman–Crippen MR) is 105 cm³/mol. The van der Waals surface area contributed by atoms with Crippen LogP contribution in [0.3, 0.4) is 0 Å². The summed E-state index contributed by atoms with van der Waals surface area (Å²) in [6, 6.07) is 5.86. The van der Waals surface area contributed by atoms with E-state index in [-0.39, 0.29) is 17.6 Å². The second-order valence-corrected chi connectivity index (χ2v) is 9.61. The van der Waals surface area contributed by atoms with Gasteiger partial charge in [0.1, 0.15) is 11.5 Å². The highest BCUT2D eigenvalue weighted by atomic mass is 32.2. The Morgan fingerprint density at radius 2 is 2.14 bits per heavy atom. The van der Waals surface area contributed by atoms with Crippen molar-refractivity contribution in [1.82, 2.24) is 10.3 Å². The zero-order valence-electron chi connectivity index (χ0n) is 16.4. The van der Waals surface area contributed by atoms with Gasteiger partial charge in [-0.2, -0.15) is 0 Å². The summed E-state index contributed by atoms with van der Waals surface area (Å²) in [6.07, 6.45) is 3.14. The van der Waals surface area contributed by atoms with Crippen molar-refractivity contribution in [3.05, 3.63) is 41.3 Å². The molecule has 1 aliphatic heterocycles. The molecule has 0 bridgehead atoms. The minimum Gasteiger partial charge on any atom is -0.444 e. The topological polar surface area (TPSA) is 98.5 Å². The van der Waals surface area contributed by atoms with Crippen LogP contribution in [0.4, 0.5) is 0 Å². The van der Waals surface area contributed by atoms with E-state index in [9.17, 15) is 13.2 Å². The molecule has 1 saturated heterocycles. The molecular weight excluding hydrogens is 380 g/mol. The molecule has 2 atom stereocenters. The smallest absolute Gasteiger partial charge is 0.238 e. The van der Waals surface area contributed by atoms with E-state index in [1.165, 1.54) is 13.2 Å². The normalized spacial score (nSPS) is 18.2. The molecule has 1 aromatic heterocycles. The maximum atomic E-state index is 12.6. The van der Waals surface area contributed by atoms with Gasteiger partial charge in [-0.25, -0.2) is 13.4 Å². The summed E-state index contributed by atoms with van der Waals surface area (Å²) < 4.78 is 36.2. The molecule has 1 fully saturated rings. The lowest BCUT2D eigenvalue weighted by atomic mass is 10.1. The van der Waals surface area contributed by atoms with Gasteiger partial charge < -0.3 is 14.5 Å². The molecule has 0 spiro atoms. The van der Waals surface area contributed by atoms with Gasteiger partial charge in [-0.1, -0.05) is 17.7 Å². The third kappa shape index (κ3) is 4.80. The van der Waals surface area contributed by atoms with E-state index < -0.39 is 21.0 Å². The van der Waals surface area contributed by atoms with Crippen LogP contribution < -0.4 is 5.32 Å².